The fraction of sp³-hybridized carbons (Fsp3) is 0.348. The number of nitrogens with one attached hydrogen (secondary N) is 1. The second-order valence-electron chi connectivity index (χ2n) is 7.96. The number of anilines is 1. The van der Waals surface area contributed by atoms with Crippen LogP contribution in [0.15, 0.2) is 46.2 Å². The Morgan fingerprint density at radius 3 is 2.85 bits per heavy atom. The van der Waals surface area contributed by atoms with E-state index >= 15 is 0 Å². The van der Waals surface area contributed by atoms with E-state index in [2.05, 4.69) is 25.7 Å². The number of halogens is 1. The summed E-state index contributed by atoms with van der Waals surface area (Å²) in [5.74, 6) is 2.12. The van der Waals surface area contributed by atoms with Gasteiger partial charge in [0.25, 0.3) is 0 Å². The van der Waals surface area contributed by atoms with E-state index in [4.69, 9.17) is 4.42 Å². The summed E-state index contributed by atoms with van der Waals surface area (Å²) in [6.45, 7) is 3.38. The number of furan rings is 1. The second-order valence-corrected chi connectivity index (χ2v) is 8.90. The number of hydrogen-bond donors (Lipinski definition) is 1. The number of carbonyl (C=O) groups excluding carboxylic acids is 1. The quantitative estimate of drug-likeness (QED) is 0.390. The monoisotopic (exact) mass is 481 g/mol. The van der Waals surface area contributed by atoms with Gasteiger partial charge in [-0.25, -0.2) is 4.39 Å². The molecule has 0 atom stereocenters. The topological polar surface area (TPSA) is 104 Å². The standard InChI is InChI=1S/C23H24FN7O2S/c1-2-30-22(18-7-6-12-33-18)28-29-23(30)34-14-20(32)25-15-9-10-17(24)16(13-15)21-27-26-19-8-4-3-5-11-31(19)21/h6-7,9-10,12-13H,2-5,8,11,14H2,1H3,(H,25,32). The first-order chi connectivity index (χ1) is 16.6. The van der Waals surface area contributed by atoms with E-state index in [1.54, 1.807) is 24.5 Å². The van der Waals surface area contributed by atoms with Gasteiger partial charge in [0.1, 0.15) is 11.6 Å². The number of aromatic nitrogens is 6. The van der Waals surface area contributed by atoms with E-state index in [0.717, 1.165) is 38.1 Å². The highest BCUT2D eigenvalue weighted by Crippen LogP contribution is 2.28. The molecule has 4 heterocycles. The number of thioether (sulfide) groups is 1. The van der Waals surface area contributed by atoms with Gasteiger partial charge in [0, 0.05) is 25.2 Å². The molecule has 1 aliphatic rings. The molecule has 1 N–H and O–H groups in total. The molecule has 0 radical (unpaired) electrons. The SMILES string of the molecule is CCn1c(SCC(=O)Nc2ccc(F)c(-c3nnc4n3CCCCC4)c2)nnc1-c1ccco1. The highest BCUT2D eigenvalue weighted by Gasteiger charge is 2.20. The minimum atomic E-state index is -0.395. The van der Waals surface area contributed by atoms with Crippen molar-refractivity contribution < 1.29 is 13.6 Å². The predicted molar refractivity (Wildman–Crippen MR) is 126 cm³/mol. The Morgan fingerprint density at radius 2 is 2.03 bits per heavy atom. The van der Waals surface area contributed by atoms with Gasteiger partial charge in [-0.15, -0.1) is 20.4 Å². The van der Waals surface area contributed by atoms with Crippen LogP contribution in [0.1, 0.15) is 32.0 Å². The van der Waals surface area contributed by atoms with Crippen molar-refractivity contribution in [2.24, 2.45) is 0 Å². The Hall–Kier alpha value is -3.47. The van der Waals surface area contributed by atoms with Crippen molar-refractivity contribution in [2.75, 3.05) is 11.1 Å². The van der Waals surface area contributed by atoms with E-state index in [-0.39, 0.29) is 11.7 Å². The molecular formula is C23H24FN7O2S. The molecule has 4 aromatic rings. The molecular weight excluding hydrogens is 457 g/mol. The van der Waals surface area contributed by atoms with E-state index in [1.807, 2.05) is 22.1 Å². The molecule has 5 rings (SSSR count). The zero-order valence-corrected chi connectivity index (χ0v) is 19.5. The molecule has 1 amide bonds. The van der Waals surface area contributed by atoms with Crippen LogP contribution in [-0.2, 0) is 24.3 Å². The lowest BCUT2D eigenvalue weighted by Gasteiger charge is -2.10. The van der Waals surface area contributed by atoms with Crippen molar-refractivity contribution in [2.45, 2.75) is 50.9 Å². The average Bonchev–Trinajstić information content (AvgIpc) is 3.56. The molecule has 1 aliphatic heterocycles. The molecule has 0 fully saturated rings. The van der Waals surface area contributed by atoms with Crippen LogP contribution in [0, 0.1) is 5.82 Å². The minimum absolute atomic E-state index is 0.128. The summed E-state index contributed by atoms with van der Waals surface area (Å²) in [5.41, 5.74) is 0.834. The van der Waals surface area contributed by atoms with Crippen molar-refractivity contribution in [1.82, 2.24) is 29.5 Å². The molecule has 34 heavy (non-hydrogen) atoms. The van der Waals surface area contributed by atoms with Crippen LogP contribution in [0.3, 0.4) is 0 Å². The van der Waals surface area contributed by atoms with Crippen molar-refractivity contribution in [1.29, 1.82) is 0 Å². The zero-order chi connectivity index (χ0) is 23.5. The highest BCUT2D eigenvalue weighted by atomic mass is 32.2. The zero-order valence-electron chi connectivity index (χ0n) is 18.7. The lowest BCUT2D eigenvalue weighted by Crippen LogP contribution is -2.15. The first-order valence-electron chi connectivity index (χ1n) is 11.3. The Balaban J connectivity index is 1.29. The van der Waals surface area contributed by atoms with E-state index < -0.39 is 5.82 Å². The van der Waals surface area contributed by atoms with Crippen LogP contribution in [0.4, 0.5) is 10.1 Å². The third-order valence-electron chi connectivity index (χ3n) is 5.71. The summed E-state index contributed by atoms with van der Waals surface area (Å²) >= 11 is 1.28. The summed E-state index contributed by atoms with van der Waals surface area (Å²) in [4.78, 5) is 12.6. The van der Waals surface area contributed by atoms with E-state index in [1.165, 1.54) is 17.8 Å². The molecule has 0 aliphatic carbocycles. The fourth-order valence-electron chi connectivity index (χ4n) is 4.05. The van der Waals surface area contributed by atoms with E-state index in [0.29, 0.717) is 40.4 Å². The summed E-state index contributed by atoms with van der Waals surface area (Å²) in [6, 6.07) is 8.12. The van der Waals surface area contributed by atoms with Gasteiger partial charge in [-0.1, -0.05) is 18.2 Å². The molecule has 3 aromatic heterocycles. The summed E-state index contributed by atoms with van der Waals surface area (Å²) in [7, 11) is 0. The summed E-state index contributed by atoms with van der Waals surface area (Å²) in [6.07, 6.45) is 5.61. The maximum absolute atomic E-state index is 14.7. The van der Waals surface area contributed by atoms with Gasteiger partial charge in [0.05, 0.1) is 17.6 Å². The third kappa shape index (κ3) is 4.47. The summed E-state index contributed by atoms with van der Waals surface area (Å²) in [5, 5.41) is 20.4. The van der Waals surface area contributed by atoms with Gasteiger partial charge in [-0.2, -0.15) is 0 Å². The number of amides is 1. The normalized spacial score (nSPS) is 13.5. The van der Waals surface area contributed by atoms with Crippen LogP contribution in [-0.4, -0.2) is 41.2 Å². The molecule has 176 valence electrons. The molecule has 9 nitrogen and oxygen atoms in total. The third-order valence-corrected chi connectivity index (χ3v) is 6.67. The van der Waals surface area contributed by atoms with Crippen LogP contribution in [0.2, 0.25) is 0 Å². The van der Waals surface area contributed by atoms with Gasteiger partial charge in [0.15, 0.2) is 22.6 Å². The first kappa shape index (κ1) is 22.3. The number of aryl methyl sites for hydroxylation is 1. The summed E-state index contributed by atoms with van der Waals surface area (Å²) < 4.78 is 24.0. The first-order valence-corrected chi connectivity index (χ1v) is 12.2. The van der Waals surface area contributed by atoms with Crippen LogP contribution >= 0.6 is 11.8 Å². The number of hydrogen-bond acceptors (Lipinski definition) is 7. The Labute approximate surface area is 199 Å². The molecule has 0 unspecified atom stereocenters. The number of benzene rings is 1. The van der Waals surface area contributed by atoms with Gasteiger partial charge in [0.2, 0.25) is 5.91 Å². The van der Waals surface area contributed by atoms with Crippen molar-refractivity contribution in [3.63, 3.8) is 0 Å². The lowest BCUT2D eigenvalue weighted by atomic mass is 10.1. The highest BCUT2D eigenvalue weighted by molar-refractivity contribution is 7.99. The van der Waals surface area contributed by atoms with Crippen LogP contribution in [0.5, 0.6) is 0 Å². The minimum Gasteiger partial charge on any atom is -0.461 e. The number of fused-ring (bicyclic) bond motifs is 1. The number of nitrogens with zero attached hydrogens (tertiary/aromatic N) is 6. The van der Waals surface area contributed by atoms with Crippen LogP contribution < -0.4 is 5.32 Å². The molecule has 11 heteroatoms. The maximum Gasteiger partial charge on any atom is 0.234 e. The fourth-order valence-corrected chi connectivity index (χ4v) is 4.86. The van der Waals surface area contributed by atoms with Gasteiger partial charge < -0.3 is 14.3 Å². The smallest absolute Gasteiger partial charge is 0.234 e. The molecule has 0 bridgehead atoms. The van der Waals surface area contributed by atoms with Crippen molar-refractivity contribution in [3.8, 4) is 23.0 Å². The Bertz CT molecular complexity index is 1300. The average molecular weight is 482 g/mol. The van der Waals surface area contributed by atoms with Gasteiger partial charge >= 0.3 is 0 Å². The van der Waals surface area contributed by atoms with Crippen molar-refractivity contribution >= 4 is 23.4 Å². The van der Waals surface area contributed by atoms with Crippen LogP contribution in [0.25, 0.3) is 23.0 Å². The van der Waals surface area contributed by atoms with Gasteiger partial charge in [-0.3, -0.25) is 9.36 Å². The second kappa shape index (κ2) is 9.80. The Morgan fingerprint density at radius 1 is 1.15 bits per heavy atom. The molecule has 0 saturated heterocycles. The maximum atomic E-state index is 14.7. The van der Waals surface area contributed by atoms with E-state index in [9.17, 15) is 9.18 Å². The van der Waals surface area contributed by atoms with Crippen molar-refractivity contribution in [3.05, 3.63) is 48.2 Å². The number of rotatable bonds is 7. The molecule has 1 aromatic carbocycles. The van der Waals surface area contributed by atoms with Gasteiger partial charge in [-0.05, 0) is 50.1 Å². The number of carbonyl (C=O) groups is 1. The lowest BCUT2D eigenvalue weighted by molar-refractivity contribution is -0.113. The Kier molecular flexibility index (Phi) is 6.43. The predicted octanol–water partition coefficient (Wildman–Crippen LogP) is 4.41. The molecule has 0 saturated carbocycles. The largest absolute Gasteiger partial charge is 0.461 e. The molecule has 0 spiro atoms.